The maximum Gasteiger partial charge on any atom is 0.263 e. The maximum atomic E-state index is 12.9. The van der Waals surface area contributed by atoms with E-state index in [4.69, 9.17) is 0 Å². The lowest BCUT2D eigenvalue weighted by Gasteiger charge is -2.03. The van der Waals surface area contributed by atoms with Crippen LogP contribution in [0.4, 0.5) is 13.2 Å². The molecule has 0 amide bonds. The molecule has 0 aromatic heterocycles. The smallest absolute Gasteiger partial charge is 0.205 e. The average molecular weight is 239 g/mol. The Bertz CT molecular complexity index is 273. The van der Waals surface area contributed by atoms with Crippen LogP contribution in [0.15, 0.2) is 16.6 Å². The summed E-state index contributed by atoms with van der Waals surface area (Å²) < 4.78 is 37.2. The molecule has 0 aliphatic heterocycles. The standard InChI is InChI=1S/C8H6BrF3/c1-4-2-5(8(11)12)3-6(9)7(4)10/h2-3,8H,1H3. The molecule has 0 spiro atoms. The summed E-state index contributed by atoms with van der Waals surface area (Å²) in [6.07, 6.45) is -2.55. The first-order chi connectivity index (χ1) is 5.52. The lowest BCUT2D eigenvalue weighted by molar-refractivity contribution is 0.151. The lowest BCUT2D eigenvalue weighted by atomic mass is 10.1. The van der Waals surface area contributed by atoms with Crippen LogP contribution in [0.25, 0.3) is 0 Å². The first kappa shape index (κ1) is 9.58. The molecule has 0 heterocycles. The number of hydrogen-bond acceptors (Lipinski definition) is 0. The van der Waals surface area contributed by atoms with E-state index in [2.05, 4.69) is 15.9 Å². The van der Waals surface area contributed by atoms with Crippen LogP contribution in [0.5, 0.6) is 0 Å². The predicted molar refractivity (Wildman–Crippen MR) is 43.8 cm³/mol. The summed E-state index contributed by atoms with van der Waals surface area (Å²) in [6.45, 7) is 1.45. The van der Waals surface area contributed by atoms with Gasteiger partial charge in [0.15, 0.2) is 0 Å². The van der Waals surface area contributed by atoms with E-state index in [1.165, 1.54) is 6.92 Å². The summed E-state index contributed by atoms with van der Waals surface area (Å²) >= 11 is 2.86. The van der Waals surface area contributed by atoms with Gasteiger partial charge in [-0.2, -0.15) is 0 Å². The molecule has 1 rings (SSSR count). The fraction of sp³-hybridized carbons (Fsp3) is 0.250. The first-order valence-electron chi connectivity index (χ1n) is 3.26. The maximum absolute atomic E-state index is 12.9. The molecule has 1 aromatic carbocycles. The van der Waals surface area contributed by atoms with Crippen LogP contribution >= 0.6 is 15.9 Å². The van der Waals surface area contributed by atoms with Crippen LogP contribution in [-0.4, -0.2) is 0 Å². The highest BCUT2D eigenvalue weighted by Crippen LogP contribution is 2.26. The number of benzene rings is 1. The molecule has 4 heteroatoms. The molecule has 66 valence electrons. The summed E-state index contributed by atoms with van der Waals surface area (Å²) in [4.78, 5) is 0. The third-order valence-electron chi connectivity index (χ3n) is 1.48. The highest BCUT2D eigenvalue weighted by molar-refractivity contribution is 9.10. The van der Waals surface area contributed by atoms with Gasteiger partial charge in [-0.1, -0.05) is 0 Å². The monoisotopic (exact) mass is 238 g/mol. The minimum atomic E-state index is -2.55. The normalized spacial score (nSPS) is 10.8. The minimum Gasteiger partial charge on any atom is -0.205 e. The molecule has 0 fully saturated rings. The molecule has 0 saturated heterocycles. The Morgan fingerprint density at radius 1 is 1.33 bits per heavy atom. The van der Waals surface area contributed by atoms with Crippen LogP contribution in [0.3, 0.4) is 0 Å². The average Bonchev–Trinajstić information content (AvgIpc) is 1.99. The summed E-state index contributed by atoms with van der Waals surface area (Å²) in [5.74, 6) is -0.487. The number of hydrogen-bond donors (Lipinski definition) is 0. The molecule has 0 saturated carbocycles. The van der Waals surface area contributed by atoms with Crippen molar-refractivity contribution in [2.24, 2.45) is 0 Å². The van der Waals surface area contributed by atoms with Crippen molar-refractivity contribution in [1.29, 1.82) is 0 Å². The molecule has 0 radical (unpaired) electrons. The Labute approximate surface area is 76.5 Å². The zero-order chi connectivity index (χ0) is 9.30. The zero-order valence-corrected chi connectivity index (χ0v) is 7.83. The van der Waals surface area contributed by atoms with Crippen molar-refractivity contribution in [3.05, 3.63) is 33.5 Å². The molecule has 1 aromatic rings. The van der Waals surface area contributed by atoms with Gasteiger partial charge in [-0.25, -0.2) is 13.2 Å². The van der Waals surface area contributed by atoms with Crippen LogP contribution < -0.4 is 0 Å². The first-order valence-corrected chi connectivity index (χ1v) is 4.05. The van der Waals surface area contributed by atoms with Crippen LogP contribution in [0, 0.1) is 12.7 Å². The van der Waals surface area contributed by atoms with Crippen molar-refractivity contribution in [2.45, 2.75) is 13.3 Å². The second-order valence-corrected chi connectivity index (χ2v) is 3.29. The number of halogens is 4. The minimum absolute atomic E-state index is 0.0813. The molecule has 0 atom stereocenters. The molecule has 12 heavy (non-hydrogen) atoms. The SMILES string of the molecule is Cc1cc(C(F)F)cc(Br)c1F. The molecule has 0 aliphatic rings. The van der Waals surface area contributed by atoms with Crippen LogP contribution in [-0.2, 0) is 0 Å². The van der Waals surface area contributed by atoms with E-state index in [-0.39, 0.29) is 15.6 Å². The van der Waals surface area contributed by atoms with Crippen LogP contribution in [0.1, 0.15) is 17.6 Å². The van der Waals surface area contributed by atoms with E-state index in [0.717, 1.165) is 12.1 Å². The molecule has 0 bridgehead atoms. The van der Waals surface area contributed by atoms with E-state index in [0.29, 0.717) is 0 Å². The Balaban J connectivity index is 3.21. The van der Waals surface area contributed by atoms with Crippen molar-refractivity contribution in [1.82, 2.24) is 0 Å². The topological polar surface area (TPSA) is 0 Å². The van der Waals surface area contributed by atoms with Crippen molar-refractivity contribution < 1.29 is 13.2 Å². The summed E-state index contributed by atoms with van der Waals surface area (Å²) in [7, 11) is 0. The van der Waals surface area contributed by atoms with Gasteiger partial charge in [0.2, 0.25) is 0 Å². The molecule has 0 N–H and O–H groups in total. The summed E-state index contributed by atoms with van der Waals surface area (Å²) in [6, 6.07) is 2.23. The number of rotatable bonds is 1. The van der Waals surface area contributed by atoms with Gasteiger partial charge in [0.05, 0.1) is 4.47 Å². The van der Waals surface area contributed by atoms with Crippen molar-refractivity contribution in [3.63, 3.8) is 0 Å². The third-order valence-corrected chi connectivity index (χ3v) is 2.06. The number of alkyl halides is 2. The largest absolute Gasteiger partial charge is 0.263 e. The van der Waals surface area contributed by atoms with Gasteiger partial charge in [-0.15, -0.1) is 0 Å². The van der Waals surface area contributed by atoms with E-state index < -0.39 is 12.2 Å². The number of aryl methyl sites for hydroxylation is 1. The predicted octanol–water partition coefficient (Wildman–Crippen LogP) is 3.83. The van der Waals surface area contributed by atoms with Gasteiger partial charge < -0.3 is 0 Å². The fourth-order valence-electron chi connectivity index (χ4n) is 0.879. The van der Waals surface area contributed by atoms with E-state index in [9.17, 15) is 13.2 Å². The lowest BCUT2D eigenvalue weighted by Crippen LogP contribution is -1.90. The van der Waals surface area contributed by atoms with Crippen molar-refractivity contribution in [2.75, 3.05) is 0 Å². The van der Waals surface area contributed by atoms with E-state index in [1.807, 2.05) is 0 Å². The van der Waals surface area contributed by atoms with Gasteiger partial charge in [0, 0.05) is 5.56 Å². The molecule has 0 nitrogen and oxygen atoms in total. The fourth-order valence-corrected chi connectivity index (χ4v) is 1.46. The Morgan fingerprint density at radius 3 is 2.33 bits per heavy atom. The summed E-state index contributed by atoms with van der Waals surface area (Å²) in [5, 5.41) is 0. The second kappa shape index (κ2) is 3.47. The molecule has 0 unspecified atom stereocenters. The van der Waals surface area contributed by atoms with Crippen molar-refractivity contribution in [3.8, 4) is 0 Å². The zero-order valence-electron chi connectivity index (χ0n) is 6.24. The highest BCUT2D eigenvalue weighted by Gasteiger charge is 2.11. The highest BCUT2D eigenvalue weighted by atomic mass is 79.9. The Hall–Kier alpha value is -0.510. The quantitative estimate of drug-likeness (QED) is 0.698. The van der Waals surface area contributed by atoms with Gasteiger partial charge in [-0.05, 0) is 40.5 Å². The molecular formula is C8H6BrF3. The van der Waals surface area contributed by atoms with Crippen molar-refractivity contribution >= 4 is 15.9 Å². The van der Waals surface area contributed by atoms with E-state index in [1.54, 1.807) is 0 Å². The Morgan fingerprint density at radius 2 is 1.92 bits per heavy atom. The van der Waals surface area contributed by atoms with Crippen LogP contribution in [0.2, 0.25) is 0 Å². The van der Waals surface area contributed by atoms with Gasteiger partial charge in [0.25, 0.3) is 6.43 Å². The molecular weight excluding hydrogens is 233 g/mol. The Kier molecular flexibility index (Phi) is 2.77. The van der Waals surface area contributed by atoms with Gasteiger partial charge in [0.1, 0.15) is 5.82 Å². The molecule has 0 aliphatic carbocycles. The third kappa shape index (κ3) is 1.80. The second-order valence-electron chi connectivity index (χ2n) is 2.43. The summed E-state index contributed by atoms with van der Waals surface area (Å²) in [5.41, 5.74) is 0.0560. The van der Waals surface area contributed by atoms with Gasteiger partial charge >= 0.3 is 0 Å². The van der Waals surface area contributed by atoms with Gasteiger partial charge in [-0.3, -0.25) is 0 Å². The van der Waals surface area contributed by atoms with E-state index >= 15 is 0 Å².